The summed E-state index contributed by atoms with van der Waals surface area (Å²) in [4.78, 5) is 44.5. The van der Waals surface area contributed by atoms with Gasteiger partial charge in [-0.15, -0.1) is 0 Å². The maximum atomic E-state index is 14.2. The summed E-state index contributed by atoms with van der Waals surface area (Å²) in [6, 6.07) is 21.1. The number of carbonyl (C=O) groups excluding carboxylic acids is 3. The number of benzene rings is 3. The van der Waals surface area contributed by atoms with Gasteiger partial charge in [-0.3, -0.25) is 14.5 Å². The van der Waals surface area contributed by atoms with Gasteiger partial charge in [-0.2, -0.15) is 0 Å². The molecular weight excluding hydrogens is 528 g/mol. The molecule has 3 aromatic rings. The van der Waals surface area contributed by atoms with Gasteiger partial charge in [0.05, 0.1) is 23.9 Å². The van der Waals surface area contributed by atoms with Crippen LogP contribution in [-0.4, -0.2) is 46.8 Å². The van der Waals surface area contributed by atoms with Crippen LogP contribution in [0.3, 0.4) is 0 Å². The summed E-state index contributed by atoms with van der Waals surface area (Å²) in [7, 11) is 0. The predicted molar refractivity (Wildman–Crippen MR) is 163 cm³/mol. The van der Waals surface area contributed by atoms with E-state index in [-0.39, 0.29) is 30.3 Å². The van der Waals surface area contributed by atoms with Gasteiger partial charge < -0.3 is 20.3 Å². The monoisotopic (exact) mass is 566 g/mol. The Morgan fingerprint density at radius 1 is 0.976 bits per heavy atom. The van der Waals surface area contributed by atoms with Crippen molar-refractivity contribution in [1.29, 1.82) is 0 Å². The molecule has 0 saturated heterocycles. The number of para-hydroxylation sites is 1. The number of urea groups is 1. The Bertz CT molecular complexity index is 1510. The van der Waals surface area contributed by atoms with E-state index in [1.807, 2.05) is 107 Å². The Hall–Kier alpha value is -4.59. The Morgan fingerprint density at radius 2 is 1.67 bits per heavy atom. The molecule has 0 aliphatic carbocycles. The van der Waals surface area contributed by atoms with Crippen LogP contribution in [0.2, 0.25) is 0 Å². The van der Waals surface area contributed by atoms with Crippen molar-refractivity contribution in [3.63, 3.8) is 0 Å². The molecule has 2 N–H and O–H groups in total. The minimum Gasteiger partial charge on any atom is -0.457 e. The molecular formula is C34H38N4O4. The van der Waals surface area contributed by atoms with Crippen molar-refractivity contribution in [3.05, 3.63) is 101 Å². The lowest BCUT2D eigenvalue weighted by atomic mass is 9.95. The quantitative estimate of drug-likeness (QED) is 0.317. The van der Waals surface area contributed by atoms with Gasteiger partial charge in [0.15, 0.2) is 0 Å². The molecule has 0 aromatic heterocycles. The van der Waals surface area contributed by atoms with Gasteiger partial charge in [0.25, 0.3) is 5.91 Å². The number of ether oxygens (including phenoxy) is 1. The van der Waals surface area contributed by atoms with Crippen molar-refractivity contribution >= 4 is 23.5 Å². The summed E-state index contributed by atoms with van der Waals surface area (Å²) in [5.41, 5.74) is 4.65. The number of rotatable bonds is 9. The van der Waals surface area contributed by atoms with E-state index < -0.39 is 12.1 Å². The van der Waals surface area contributed by atoms with Crippen LogP contribution in [0.25, 0.3) is 0 Å². The summed E-state index contributed by atoms with van der Waals surface area (Å²) in [6.07, 6.45) is 0.488. The van der Waals surface area contributed by atoms with Crippen molar-refractivity contribution < 1.29 is 19.1 Å². The third kappa shape index (κ3) is 6.03. The number of carbonyl (C=O) groups is 3. The van der Waals surface area contributed by atoms with E-state index in [1.165, 1.54) is 0 Å². The maximum absolute atomic E-state index is 14.2. The van der Waals surface area contributed by atoms with E-state index in [1.54, 1.807) is 9.80 Å². The van der Waals surface area contributed by atoms with E-state index >= 15 is 0 Å². The zero-order valence-electron chi connectivity index (χ0n) is 24.8. The number of nitrogens with zero attached hydrogens (tertiary/aromatic N) is 2. The number of hydrogen-bond donors (Lipinski definition) is 2. The number of anilines is 1. The zero-order valence-corrected chi connectivity index (χ0v) is 24.8. The second-order valence-corrected chi connectivity index (χ2v) is 11.4. The standard InChI is InChI=1S/C34H38N4O4/c1-6-37-29-20-38(28(15-21(2)3)32(39)35-25-17-22(4)16-23(5)18-25)33(40)30(29)31(36-34(37)41)24-11-10-14-27(19-24)42-26-12-8-7-9-13-26/h7-14,16-19,21,28,31H,6,15,20H2,1-5H3,(H,35,39)(H,36,41)/t28-,31+/m1/s1. The Balaban J connectivity index is 1.47. The highest BCUT2D eigenvalue weighted by Gasteiger charge is 2.47. The summed E-state index contributed by atoms with van der Waals surface area (Å²) >= 11 is 0. The van der Waals surface area contributed by atoms with E-state index in [0.717, 1.165) is 16.7 Å². The predicted octanol–water partition coefficient (Wildman–Crippen LogP) is 6.33. The summed E-state index contributed by atoms with van der Waals surface area (Å²) in [6.45, 7) is 10.5. The van der Waals surface area contributed by atoms with Crippen LogP contribution in [0.5, 0.6) is 11.5 Å². The molecule has 3 aromatic carbocycles. The van der Waals surface area contributed by atoms with Gasteiger partial charge in [0.2, 0.25) is 5.91 Å². The van der Waals surface area contributed by atoms with Crippen molar-refractivity contribution in [2.75, 3.05) is 18.4 Å². The Kier molecular flexibility index (Phi) is 8.34. The highest BCUT2D eigenvalue weighted by Crippen LogP contribution is 2.39. The Morgan fingerprint density at radius 3 is 2.33 bits per heavy atom. The normalized spacial score (nSPS) is 17.3. The molecule has 2 heterocycles. The van der Waals surface area contributed by atoms with Gasteiger partial charge in [0, 0.05) is 12.2 Å². The smallest absolute Gasteiger partial charge is 0.322 e. The first kappa shape index (κ1) is 28.9. The number of aryl methyl sites for hydroxylation is 2. The molecule has 0 saturated carbocycles. The molecule has 0 radical (unpaired) electrons. The minimum atomic E-state index is -0.703. The van der Waals surface area contributed by atoms with Gasteiger partial charge >= 0.3 is 6.03 Å². The molecule has 5 rings (SSSR count). The molecule has 0 spiro atoms. The molecule has 218 valence electrons. The van der Waals surface area contributed by atoms with Crippen LogP contribution in [-0.2, 0) is 9.59 Å². The van der Waals surface area contributed by atoms with Gasteiger partial charge in [0.1, 0.15) is 17.5 Å². The van der Waals surface area contributed by atoms with E-state index in [0.29, 0.717) is 41.4 Å². The zero-order chi connectivity index (χ0) is 30.0. The lowest BCUT2D eigenvalue weighted by Crippen LogP contribution is -2.47. The van der Waals surface area contributed by atoms with Crippen LogP contribution >= 0.6 is 0 Å². The SMILES string of the molecule is CCN1C(=O)N[C@@H](c2cccc(Oc3ccccc3)c2)C2=C1CN([C@H](CC(C)C)C(=O)Nc1cc(C)cc(C)c1)C2=O. The average molecular weight is 567 g/mol. The van der Waals surface area contributed by atoms with Crippen molar-refractivity contribution in [3.8, 4) is 11.5 Å². The van der Waals surface area contributed by atoms with E-state index in [9.17, 15) is 14.4 Å². The molecule has 2 aliphatic heterocycles. The van der Waals surface area contributed by atoms with Crippen LogP contribution < -0.4 is 15.4 Å². The molecule has 0 fully saturated rings. The summed E-state index contributed by atoms with van der Waals surface area (Å²) < 4.78 is 6.04. The average Bonchev–Trinajstić information content (AvgIpc) is 3.27. The lowest BCUT2D eigenvalue weighted by molar-refractivity contribution is -0.134. The fraction of sp³-hybridized carbons (Fsp3) is 0.324. The first-order chi connectivity index (χ1) is 20.1. The highest BCUT2D eigenvalue weighted by molar-refractivity contribution is 6.05. The second kappa shape index (κ2) is 12.1. The van der Waals surface area contributed by atoms with Crippen LogP contribution in [0, 0.1) is 19.8 Å². The maximum Gasteiger partial charge on any atom is 0.322 e. The van der Waals surface area contributed by atoms with Gasteiger partial charge in [-0.25, -0.2) is 4.79 Å². The fourth-order valence-electron chi connectivity index (χ4n) is 5.83. The first-order valence-corrected chi connectivity index (χ1v) is 14.5. The van der Waals surface area contributed by atoms with Crippen molar-refractivity contribution in [2.45, 2.75) is 53.1 Å². The molecule has 8 nitrogen and oxygen atoms in total. The first-order valence-electron chi connectivity index (χ1n) is 14.5. The number of hydrogen-bond acceptors (Lipinski definition) is 4. The molecule has 0 bridgehead atoms. The van der Waals surface area contributed by atoms with E-state index in [4.69, 9.17) is 4.74 Å². The highest BCUT2D eigenvalue weighted by atomic mass is 16.5. The molecule has 4 amide bonds. The topological polar surface area (TPSA) is 91.0 Å². The molecule has 2 aliphatic rings. The molecule has 2 atom stereocenters. The number of likely N-dealkylation sites (N-methyl/N-ethyl adjacent to an activating group) is 1. The number of amides is 4. The Labute approximate surface area is 247 Å². The van der Waals surface area contributed by atoms with Crippen LogP contribution in [0.15, 0.2) is 84.1 Å². The van der Waals surface area contributed by atoms with Crippen molar-refractivity contribution in [2.24, 2.45) is 5.92 Å². The van der Waals surface area contributed by atoms with Crippen LogP contribution in [0.1, 0.15) is 49.9 Å². The molecule has 8 heteroatoms. The number of nitrogens with one attached hydrogen (secondary N) is 2. The lowest BCUT2D eigenvalue weighted by Gasteiger charge is -2.33. The third-order valence-corrected chi connectivity index (χ3v) is 7.60. The minimum absolute atomic E-state index is 0.162. The fourth-order valence-corrected chi connectivity index (χ4v) is 5.83. The van der Waals surface area contributed by atoms with Crippen molar-refractivity contribution in [1.82, 2.24) is 15.1 Å². The third-order valence-electron chi connectivity index (χ3n) is 7.60. The van der Waals surface area contributed by atoms with Gasteiger partial charge in [-0.1, -0.05) is 50.2 Å². The largest absolute Gasteiger partial charge is 0.457 e. The van der Waals surface area contributed by atoms with Gasteiger partial charge in [-0.05, 0) is 86.2 Å². The molecule has 42 heavy (non-hydrogen) atoms. The molecule has 0 unspecified atom stereocenters. The van der Waals surface area contributed by atoms with E-state index in [2.05, 4.69) is 10.6 Å². The summed E-state index contributed by atoms with van der Waals surface area (Å²) in [5.74, 6) is 0.966. The van der Waals surface area contributed by atoms with Crippen LogP contribution in [0.4, 0.5) is 10.5 Å². The second-order valence-electron chi connectivity index (χ2n) is 11.4. The summed E-state index contributed by atoms with van der Waals surface area (Å²) in [5, 5.41) is 6.09.